The molecule has 0 heterocycles. The second kappa shape index (κ2) is 3.86. The van der Waals surface area contributed by atoms with Crippen LogP contribution in [0.25, 0.3) is 0 Å². The average molecular weight is 240 g/mol. The Bertz CT molecular complexity index is 236. The number of carbonyl (C=O) groups excluding carboxylic acids is 1. The van der Waals surface area contributed by atoms with Crippen LogP contribution in [0.2, 0.25) is 0 Å². The van der Waals surface area contributed by atoms with Gasteiger partial charge in [-0.05, 0) is 0 Å². The Morgan fingerprint density at radius 2 is 1.47 bits per heavy atom. The van der Waals surface area contributed by atoms with E-state index in [4.69, 9.17) is 0 Å². The van der Waals surface area contributed by atoms with E-state index in [1.807, 2.05) is 0 Å². The highest BCUT2D eigenvalue weighted by molar-refractivity contribution is 5.47. The molecule has 0 aromatic heterocycles. The van der Waals surface area contributed by atoms with Crippen molar-refractivity contribution in [1.29, 1.82) is 0 Å². The van der Waals surface area contributed by atoms with Crippen LogP contribution >= 0.6 is 0 Å². The van der Waals surface area contributed by atoms with Crippen LogP contribution < -0.4 is 0 Å². The maximum atomic E-state index is 12.4. The molecule has 0 aliphatic carbocycles. The third-order valence-corrected chi connectivity index (χ3v) is 1.41. The van der Waals surface area contributed by atoms with Crippen molar-refractivity contribution in [3.8, 4) is 0 Å². The quantitative estimate of drug-likeness (QED) is 0.542. The van der Waals surface area contributed by atoms with Gasteiger partial charge in [0.1, 0.15) is 0 Å². The monoisotopic (exact) mass is 240 g/mol. The Morgan fingerprint density at radius 3 is 1.73 bits per heavy atom. The van der Waals surface area contributed by atoms with Crippen LogP contribution in [0.1, 0.15) is 0 Å². The van der Waals surface area contributed by atoms with E-state index >= 15 is 0 Å². The van der Waals surface area contributed by atoms with Crippen LogP contribution in [0.3, 0.4) is 0 Å². The number of halogens is 7. The third kappa shape index (κ3) is 2.72. The van der Waals surface area contributed by atoms with Gasteiger partial charge in [0.05, 0.1) is 6.54 Å². The van der Waals surface area contributed by atoms with E-state index in [0.717, 1.165) is 6.41 Å². The van der Waals surface area contributed by atoms with Crippen molar-refractivity contribution < 1.29 is 35.5 Å². The van der Waals surface area contributed by atoms with Crippen molar-refractivity contribution in [2.75, 3.05) is 13.6 Å². The molecule has 2 nitrogen and oxygen atoms in total. The third-order valence-electron chi connectivity index (χ3n) is 1.41. The number of hydrogen-bond donors (Lipinski definition) is 0. The van der Waals surface area contributed by atoms with E-state index in [0.29, 0.717) is 7.05 Å². The van der Waals surface area contributed by atoms with Gasteiger partial charge in [-0.2, -0.15) is 30.7 Å². The first kappa shape index (κ1) is 14.0. The van der Waals surface area contributed by atoms with Gasteiger partial charge in [0.15, 0.2) is 0 Å². The summed E-state index contributed by atoms with van der Waals surface area (Å²) in [6.07, 6.45) is -5.63. The zero-order chi connectivity index (χ0) is 12.5. The molecule has 0 fully saturated rings. The summed E-state index contributed by atoms with van der Waals surface area (Å²) < 4.78 is 83.8. The molecule has 89 valence electrons. The standard InChI is InChI=1S/C6H5F7NO/c1-14(3-15)2-4(7,8)5(9,10)6(11,12)13/h2H2,1H3. The fourth-order valence-corrected chi connectivity index (χ4v) is 0.637. The number of amides is 1. The Morgan fingerprint density at radius 1 is 1.07 bits per heavy atom. The summed E-state index contributed by atoms with van der Waals surface area (Å²) in [6.45, 7) is -2.07. The molecular weight excluding hydrogens is 235 g/mol. The smallest absolute Gasteiger partial charge is 0.331 e. The molecule has 1 radical (unpaired) electrons. The lowest BCUT2D eigenvalue weighted by Gasteiger charge is -2.29. The predicted octanol–water partition coefficient (Wildman–Crippen LogP) is 1.82. The molecule has 0 aliphatic rings. The van der Waals surface area contributed by atoms with Crippen molar-refractivity contribution >= 4 is 6.41 Å². The van der Waals surface area contributed by atoms with Crippen molar-refractivity contribution in [3.05, 3.63) is 0 Å². The Hall–Kier alpha value is -1.02. The highest BCUT2D eigenvalue weighted by Gasteiger charge is 2.73. The van der Waals surface area contributed by atoms with E-state index in [1.54, 1.807) is 0 Å². The van der Waals surface area contributed by atoms with E-state index in [-0.39, 0.29) is 4.90 Å². The van der Waals surface area contributed by atoms with Gasteiger partial charge < -0.3 is 4.90 Å². The Balaban J connectivity index is 4.93. The molecule has 1 amide bonds. The zero-order valence-corrected chi connectivity index (χ0v) is 7.21. The molecule has 0 rings (SSSR count). The molecule has 0 saturated heterocycles. The van der Waals surface area contributed by atoms with Gasteiger partial charge in [0, 0.05) is 7.05 Å². The van der Waals surface area contributed by atoms with Gasteiger partial charge in [-0.1, -0.05) is 0 Å². The van der Waals surface area contributed by atoms with E-state index in [1.165, 1.54) is 0 Å². The van der Waals surface area contributed by atoms with Crippen LogP contribution in [-0.2, 0) is 4.79 Å². The van der Waals surface area contributed by atoms with E-state index in [2.05, 4.69) is 0 Å². The maximum absolute atomic E-state index is 12.4. The van der Waals surface area contributed by atoms with Gasteiger partial charge in [-0.3, -0.25) is 4.79 Å². The van der Waals surface area contributed by atoms with Gasteiger partial charge in [-0.25, -0.2) is 0 Å². The largest absolute Gasteiger partial charge is 0.459 e. The van der Waals surface area contributed by atoms with E-state index < -0.39 is 24.6 Å². The van der Waals surface area contributed by atoms with Crippen molar-refractivity contribution in [3.63, 3.8) is 0 Å². The molecule has 0 N–H and O–H groups in total. The molecule has 0 aromatic carbocycles. The van der Waals surface area contributed by atoms with Crippen molar-refractivity contribution in [2.24, 2.45) is 0 Å². The fourth-order valence-electron chi connectivity index (χ4n) is 0.637. The Labute approximate surface area is 79.6 Å². The average Bonchev–Trinajstić information content (AvgIpc) is 2.00. The van der Waals surface area contributed by atoms with E-state index in [9.17, 15) is 35.5 Å². The number of rotatable bonds is 4. The van der Waals surface area contributed by atoms with Crippen LogP contribution in [0.5, 0.6) is 0 Å². The molecule has 0 atom stereocenters. The van der Waals surface area contributed by atoms with Crippen molar-refractivity contribution in [1.82, 2.24) is 4.90 Å². The van der Waals surface area contributed by atoms with Gasteiger partial charge in [0.25, 0.3) is 0 Å². The molecule has 0 bridgehead atoms. The fraction of sp³-hybridized carbons (Fsp3) is 0.833. The van der Waals surface area contributed by atoms with Crippen LogP contribution in [0.15, 0.2) is 0 Å². The predicted molar refractivity (Wildman–Crippen MR) is 34.3 cm³/mol. The number of hydrogen-bond acceptors (Lipinski definition) is 1. The van der Waals surface area contributed by atoms with Gasteiger partial charge in [-0.15, -0.1) is 0 Å². The first-order valence-corrected chi connectivity index (χ1v) is 3.37. The summed E-state index contributed by atoms with van der Waals surface area (Å²) in [5.41, 5.74) is 0. The molecule has 15 heavy (non-hydrogen) atoms. The first-order valence-electron chi connectivity index (χ1n) is 3.37. The van der Waals surface area contributed by atoms with Crippen LogP contribution in [-0.4, -0.2) is 42.9 Å². The van der Waals surface area contributed by atoms with Gasteiger partial charge >= 0.3 is 24.4 Å². The summed E-state index contributed by atoms with van der Waals surface area (Å²) in [5, 5.41) is 0. The highest BCUT2D eigenvalue weighted by Crippen LogP contribution is 2.46. The summed E-state index contributed by atoms with van der Waals surface area (Å²) >= 11 is 0. The normalized spacial score (nSPS) is 13.9. The number of alkyl halides is 7. The molecule has 0 saturated carbocycles. The summed E-state index contributed by atoms with van der Waals surface area (Å²) in [4.78, 5) is 9.58. The maximum Gasteiger partial charge on any atom is 0.459 e. The molecular formula is C6H5F7NO. The lowest BCUT2D eigenvalue weighted by Crippen LogP contribution is -2.56. The summed E-state index contributed by atoms with van der Waals surface area (Å²) in [6, 6.07) is 0. The molecule has 0 unspecified atom stereocenters. The molecule has 0 spiro atoms. The second-order valence-corrected chi connectivity index (χ2v) is 2.72. The van der Waals surface area contributed by atoms with Crippen LogP contribution in [0, 0.1) is 0 Å². The topological polar surface area (TPSA) is 20.3 Å². The first-order chi connectivity index (χ1) is 6.45. The summed E-state index contributed by atoms with van der Waals surface area (Å²) in [5.74, 6) is -11.6. The van der Waals surface area contributed by atoms with Gasteiger partial charge in [0.2, 0.25) is 0 Å². The lowest BCUT2D eigenvalue weighted by molar-refractivity contribution is -0.354. The SMILES string of the molecule is CN([C]=O)CC(F)(F)C(F)(F)C(F)(F)F. The highest BCUT2D eigenvalue weighted by atomic mass is 19.4. The lowest BCUT2D eigenvalue weighted by atomic mass is 10.1. The second-order valence-electron chi connectivity index (χ2n) is 2.72. The zero-order valence-electron chi connectivity index (χ0n) is 7.21. The van der Waals surface area contributed by atoms with Crippen molar-refractivity contribution in [2.45, 2.75) is 18.0 Å². The Kier molecular flexibility index (Phi) is 3.59. The minimum Gasteiger partial charge on any atom is -0.331 e. The summed E-state index contributed by atoms with van der Waals surface area (Å²) in [7, 11) is 0.605. The number of nitrogens with zero attached hydrogens (tertiary/aromatic N) is 1. The molecule has 0 aromatic rings. The minimum absolute atomic E-state index is 0.125. The molecule has 9 heteroatoms. The minimum atomic E-state index is -6.37. The molecule has 0 aliphatic heterocycles. The van der Waals surface area contributed by atoms with Crippen LogP contribution in [0.4, 0.5) is 30.7 Å².